The summed E-state index contributed by atoms with van der Waals surface area (Å²) in [6, 6.07) is 9.31. The molecule has 2 aliphatic rings. The van der Waals surface area contributed by atoms with Gasteiger partial charge in [0.05, 0.1) is 26.2 Å². The number of hydrogen-bond acceptors (Lipinski definition) is 14. The van der Waals surface area contributed by atoms with Gasteiger partial charge in [0.1, 0.15) is 23.6 Å². The van der Waals surface area contributed by atoms with Crippen molar-refractivity contribution in [2.45, 2.75) is 50.9 Å². The van der Waals surface area contributed by atoms with Crippen molar-refractivity contribution >= 4 is 35.6 Å². The Kier molecular flexibility index (Phi) is 11.8. The quantitative estimate of drug-likeness (QED) is 0.143. The van der Waals surface area contributed by atoms with Gasteiger partial charge in [0.15, 0.2) is 13.5 Å². The first-order valence-electron chi connectivity index (χ1n) is 15.3. The average molecular weight is 669 g/mol. The zero-order valence-electron chi connectivity index (χ0n) is 26.7. The maximum absolute atomic E-state index is 12.9. The highest BCUT2D eigenvalue weighted by atomic mass is 16.6. The second-order valence-electron chi connectivity index (χ2n) is 11.9. The van der Waals surface area contributed by atoms with Crippen LogP contribution in [-0.4, -0.2) is 129 Å². The predicted molar refractivity (Wildman–Crippen MR) is 167 cm³/mol. The number of phenolic OH excluding ortho intramolecular Hbond substituents is 2. The second-order valence-corrected chi connectivity index (χ2v) is 11.9. The molecule has 4 amide bonds. The fraction of sp³-hybridized carbons (Fsp3) is 0.438. The molecule has 4 atom stereocenters. The third-order valence-corrected chi connectivity index (χ3v) is 8.47. The van der Waals surface area contributed by atoms with Gasteiger partial charge in [0, 0.05) is 12.1 Å². The Morgan fingerprint density at radius 3 is 1.21 bits per heavy atom. The summed E-state index contributed by atoms with van der Waals surface area (Å²) in [5.41, 5.74) is 13.2. The highest BCUT2D eigenvalue weighted by Gasteiger charge is 2.40. The van der Waals surface area contributed by atoms with E-state index < -0.39 is 73.2 Å². The molecule has 4 unspecified atom stereocenters. The predicted octanol–water partition coefficient (Wildman–Crippen LogP) is -1.34. The van der Waals surface area contributed by atoms with Crippen molar-refractivity contribution in [2.24, 2.45) is 11.5 Å². The maximum Gasteiger partial charge on any atom is 0.324 e. The third kappa shape index (κ3) is 9.13. The molecule has 258 valence electrons. The topological polar surface area (TPSA) is 226 Å². The van der Waals surface area contributed by atoms with Gasteiger partial charge >= 0.3 is 11.9 Å². The molecule has 2 fully saturated rings. The molecule has 6 N–H and O–H groups in total. The van der Waals surface area contributed by atoms with Gasteiger partial charge in [-0.25, -0.2) is 9.80 Å². The Balaban J connectivity index is 1.23. The van der Waals surface area contributed by atoms with E-state index in [1.807, 2.05) is 0 Å². The number of carbonyl (C=O) groups excluding carboxylic acids is 6. The van der Waals surface area contributed by atoms with Crippen LogP contribution in [0.5, 0.6) is 11.5 Å². The molecule has 16 heteroatoms. The van der Waals surface area contributed by atoms with Gasteiger partial charge in [0.2, 0.25) is 23.6 Å². The summed E-state index contributed by atoms with van der Waals surface area (Å²) in [6.07, 6.45) is 0.260. The zero-order chi connectivity index (χ0) is 35.1. The highest BCUT2D eigenvalue weighted by molar-refractivity contribution is 6.00. The molecule has 0 radical (unpaired) electrons. The smallest absolute Gasteiger partial charge is 0.324 e. The van der Waals surface area contributed by atoms with Crippen LogP contribution >= 0.6 is 0 Å². The molecule has 0 aromatic heterocycles. The fourth-order valence-electron chi connectivity index (χ4n) is 5.31. The van der Waals surface area contributed by atoms with E-state index in [0.717, 1.165) is 9.80 Å². The van der Waals surface area contributed by atoms with Gasteiger partial charge in [-0.2, -0.15) is 0 Å². The van der Waals surface area contributed by atoms with E-state index in [1.165, 1.54) is 24.3 Å². The molecule has 2 heterocycles. The summed E-state index contributed by atoms with van der Waals surface area (Å²) in [5.74, 6) is -3.82. The van der Waals surface area contributed by atoms with E-state index in [2.05, 4.69) is 0 Å². The van der Waals surface area contributed by atoms with Crippen LogP contribution in [0.25, 0.3) is 0 Å². The number of benzene rings is 2. The zero-order valence-corrected chi connectivity index (χ0v) is 26.7. The van der Waals surface area contributed by atoms with Crippen LogP contribution in [-0.2, 0) is 51.1 Å². The minimum absolute atomic E-state index is 0.0697. The molecular weight excluding hydrogens is 628 g/mol. The number of carbonyl (C=O) groups is 6. The number of amides is 4. The van der Waals surface area contributed by atoms with Crippen molar-refractivity contribution < 1.29 is 48.5 Å². The first-order valence-corrected chi connectivity index (χ1v) is 15.3. The first-order chi connectivity index (χ1) is 22.7. The van der Waals surface area contributed by atoms with Gasteiger partial charge < -0.3 is 31.2 Å². The summed E-state index contributed by atoms with van der Waals surface area (Å²) in [4.78, 5) is 81.3. The van der Waals surface area contributed by atoms with Crippen LogP contribution in [0.4, 0.5) is 0 Å². The second kappa shape index (κ2) is 15.8. The van der Waals surface area contributed by atoms with Gasteiger partial charge in [0.25, 0.3) is 0 Å². The van der Waals surface area contributed by atoms with E-state index in [1.54, 1.807) is 47.9 Å². The summed E-state index contributed by atoms with van der Waals surface area (Å²) in [7, 11) is 0. The molecule has 2 aromatic rings. The van der Waals surface area contributed by atoms with Gasteiger partial charge in [-0.1, -0.05) is 24.3 Å². The van der Waals surface area contributed by atoms with Crippen LogP contribution in [0, 0.1) is 0 Å². The number of hydrogen-bond donors (Lipinski definition) is 4. The van der Waals surface area contributed by atoms with Crippen molar-refractivity contribution in [1.29, 1.82) is 0 Å². The van der Waals surface area contributed by atoms with Crippen LogP contribution in [0.15, 0.2) is 48.5 Å². The lowest BCUT2D eigenvalue weighted by Crippen LogP contribution is -2.63. The SMILES string of the molecule is CC(C(C)N1CC(=O)N(COC(=O)C(N)Cc2ccc(O)cc2)C(=O)C1)N1CC(=O)N(COC(=O)C(N)Cc2ccc(O)cc2)C(=O)C1. The number of aromatic hydroxyl groups is 2. The minimum atomic E-state index is -1.05. The number of phenols is 2. The van der Waals surface area contributed by atoms with Gasteiger partial charge in [-0.05, 0) is 62.1 Å². The standard InChI is InChI=1S/C32H40N6O10/c1-19(35-13-27(41)37(28(42)14-35)17-47-31(45)25(33)11-21-3-7-23(39)8-4-21)20(2)36-15-29(43)38(30(44)16-36)18-48-32(46)26(34)12-22-5-9-24(40)10-6-22/h3-10,19-20,25-26,39-40H,11-18,33-34H2,1-2H3. The average Bonchev–Trinajstić information content (AvgIpc) is 3.04. The number of rotatable bonds is 13. The lowest BCUT2D eigenvalue weighted by atomic mass is 10.1. The molecule has 4 rings (SSSR count). The van der Waals surface area contributed by atoms with Gasteiger partial charge in [-0.15, -0.1) is 0 Å². The van der Waals surface area contributed by atoms with Crippen LogP contribution in [0.3, 0.4) is 0 Å². The van der Waals surface area contributed by atoms with E-state index in [0.29, 0.717) is 11.1 Å². The van der Waals surface area contributed by atoms with Crippen molar-refractivity contribution in [3.63, 3.8) is 0 Å². The maximum atomic E-state index is 12.9. The van der Waals surface area contributed by atoms with Crippen LogP contribution in [0.1, 0.15) is 25.0 Å². The van der Waals surface area contributed by atoms with E-state index in [9.17, 15) is 39.0 Å². The van der Waals surface area contributed by atoms with Crippen LogP contribution < -0.4 is 11.5 Å². The Hall–Kier alpha value is -4.90. The first kappa shape index (κ1) is 35.9. The Bertz CT molecular complexity index is 1370. The largest absolute Gasteiger partial charge is 0.508 e. The molecular formula is C32H40N6O10. The molecule has 16 nitrogen and oxygen atoms in total. The third-order valence-electron chi connectivity index (χ3n) is 8.47. The molecule has 0 aliphatic carbocycles. The number of esters is 2. The van der Waals surface area contributed by atoms with E-state index >= 15 is 0 Å². The Morgan fingerprint density at radius 2 is 0.917 bits per heavy atom. The summed E-state index contributed by atoms with van der Waals surface area (Å²) in [5, 5.41) is 18.8. The highest BCUT2D eigenvalue weighted by Crippen LogP contribution is 2.19. The van der Waals surface area contributed by atoms with Crippen molar-refractivity contribution in [3.8, 4) is 11.5 Å². The van der Waals surface area contributed by atoms with Gasteiger partial charge in [-0.3, -0.25) is 38.6 Å². The number of nitrogens with two attached hydrogens (primary N) is 2. The van der Waals surface area contributed by atoms with Crippen LogP contribution in [0.2, 0.25) is 0 Å². The molecule has 2 aliphatic heterocycles. The lowest BCUT2D eigenvalue weighted by Gasteiger charge is -2.43. The summed E-state index contributed by atoms with van der Waals surface area (Å²) >= 11 is 0. The molecule has 0 spiro atoms. The van der Waals surface area contributed by atoms with Crippen molar-refractivity contribution in [1.82, 2.24) is 19.6 Å². The van der Waals surface area contributed by atoms with E-state index in [-0.39, 0.29) is 50.5 Å². The molecule has 0 saturated carbocycles. The number of nitrogens with zero attached hydrogens (tertiary/aromatic N) is 4. The molecule has 48 heavy (non-hydrogen) atoms. The Labute approximate surface area is 276 Å². The number of ether oxygens (including phenoxy) is 2. The van der Waals surface area contributed by atoms with Crippen molar-refractivity contribution in [3.05, 3.63) is 59.7 Å². The Morgan fingerprint density at radius 1 is 0.625 bits per heavy atom. The molecule has 2 aromatic carbocycles. The lowest BCUT2D eigenvalue weighted by molar-refractivity contribution is -0.169. The monoisotopic (exact) mass is 668 g/mol. The fourth-order valence-corrected chi connectivity index (χ4v) is 5.31. The molecule has 2 saturated heterocycles. The number of imide groups is 2. The van der Waals surface area contributed by atoms with Crippen molar-refractivity contribution in [2.75, 3.05) is 39.6 Å². The van der Waals surface area contributed by atoms with E-state index in [4.69, 9.17) is 20.9 Å². The minimum Gasteiger partial charge on any atom is -0.508 e. The summed E-state index contributed by atoms with van der Waals surface area (Å²) in [6.45, 7) is 1.67. The number of piperazine rings is 2. The molecule has 0 bridgehead atoms. The summed E-state index contributed by atoms with van der Waals surface area (Å²) < 4.78 is 10.3. The normalized spacial score (nSPS) is 18.8.